The van der Waals surface area contributed by atoms with Gasteiger partial charge >= 0.3 is 5.97 Å². The quantitative estimate of drug-likeness (QED) is 0.472. The summed E-state index contributed by atoms with van der Waals surface area (Å²) in [5.74, 6) is -0.614. The van der Waals surface area contributed by atoms with E-state index in [-0.39, 0.29) is 11.9 Å². The Hall–Kier alpha value is -3.93. The molecule has 4 rings (SSSR count). The predicted octanol–water partition coefficient (Wildman–Crippen LogP) is 4.82. The molecule has 0 aliphatic carbocycles. The number of nitrogens with zero attached hydrogens (tertiary/aromatic N) is 2. The lowest BCUT2D eigenvalue weighted by Gasteiger charge is -2.07. The molecule has 0 saturated heterocycles. The van der Waals surface area contributed by atoms with Crippen molar-refractivity contribution < 1.29 is 14.3 Å². The lowest BCUT2D eigenvalue weighted by molar-refractivity contribution is 0.0505. The Morgan fingerprint density at radius 2 is 1.77 bits per heavy atom. The van der Waals surface area contributed by atoms with Crippen LogP contribution in [0.25, 0.3) is 16.9 Å². The van der Waals surface area contributed by atoms with Crippen LogP contribution in [-0.4, -0.2) is 27.9 Å². The molecule has 0 saturated carbocycles. The Bertz CT molecular complexity index is 1180. The van der Waals surface area contributed by atoms with Gasteiger partial charge in [-0.3, -0.25) is 4.79 Å². The predicted molar refractivity (Wildman–Crippen MR) is 116 cm³/mol. The van der Waals surface area contributed by atoms with Crippen molar-refractivity contribution in [3.8, 4) is 11.3 Å². The van der Waals surface area contributed by atoms with Crippen LogP contribution in [-0.2, 0) is 4.74 Å². The minimum atomic E-state index is -0.367. The third-order valence-electron chi connectivity index (χ3n) is 4.61. The molecule has 0 aliphatic heterocycles. The molecule has 1 N–H and O–H groups in total. The molecule has 0 radical (unpaired) electrons. The van der Waals surface area contributed by atoms with Crippen LogP contribution in [0.15, 0.2) is 79.1 Å². The smallest absolute Gasteiger partial charge is 0.338 e. The first kappa shape index (κ1) is 19.4. The second-order valence-corrected chi connectivity index (χ2v) is 6.84. The number of ether oxygens (including phenoxy) is 1. The molecular formula is C24H21N3O3. The van der Waals surface area contributed by atoms with E-state index in [1.54, 1.807) is 36.4 Å². The number of fused-ring (bicyclic) bond motifs is 1. The maximum Gasteiger partial charge on any atom is 0.338 e. The summed E-state index contributed by atoms with van der Waals surface area (Å²) in [5.41, 5.74) is 4.10. The number of anilines is 1. The molecule has 0 fully saturated rings. The van der Waals surface area contributed by atoms with Crippen LogP contribution < -0.4 is 5.32 Å². The topological polar surface area (TPSA) is 72.7 Å². The second-order valence-electron chi connectivity index (χ2n) is 6.84. The van der Waals surface area contributed by atoms with Gasteiger partial charge in [-0.2, -0.15) is 0 Å². The van der Waals surface area contributed by atoms with Crippen molar-refractivity contribution in [3.05, 3.63) is 90.3 Å². The average molecular weight is 399 g/mol. The van der Waals surface area contributed by atoms with Gasteiger partial charge in [0, 0.05) is 29.2 Å². The molecule has 0 spiro atoms. The van der Waals surface area contributed by atoms with E-state index >= 15 is 0 Å². The zero-order valence-corrected chi connectivity index (χ0v) is 16.5. The van der Waals surface area contributed by atoms with E-state index in [2.05, 4.69) is 10.3 Å². The van der Waals surface area contributed by atoms with Gasteiger partial charge in [0.05, 0.1) is 17.9 Å². The molecule has 6 nitrogen and oxygen atoms in total. The number of carbonyl (C=O) groups excluding carboxylic acids is 2. The minimum absolute atomic E-state index is 0.247. The molecule has 1 amide bonds. The van der Waals surface area contributed by atoms with Crippen LogP contribution in [0.1, 0.15) is 34.1 Å². The maximum absolute atomic E-state index is 12.7. The van der Waals surface area contributed by atoms with Gasteiger partial charge in [0.1, 0.15) is 5.65 Å². The van der Waals surface area contributed by atoms with E-state index in [4.69, 9.17) is 4.74 Å². The largest absolute Gasteiger partial charge is 0.462 e. The van der Waals surface area contributed by atoms with Crippen LogP contribution in [0.5, 0.6) is 0 Å². The van der Waals surface area contributed by atoms with Crippen LogP contribution in [0, 0.1) is 0 Å². The fourth-order valence-electron chi connectivity index (χ4n) is 3.04. The number of benzene rings is 2. The summed E-state index contributed by atoms with van der Waals surface area (Å²) in [6, 6.07) is 20.0. The third-order valence-corrected chi connectivity index (χ3v) is 4.61. The van der Waals surface area contributed by atoms with Crippen LogP contribution in [0.3, 0.4) is 0 Å². The fraction of sp³-hybridized carbons (Fsp3) is 0.125. The summed E-state index contributed by atoms with van der Waals surface area (Å²) in [5, 5.41) is 2.84. The highest BCUT2D eigenvalue weighted by atomic mass is 16.5. The van der Waals surface area contributed by atoms with Crippen molar-refractivity contribution in [1.82, 2.24) is 9.38 Å². The maximum atomic E-state index is 12.7. The van der Waals surface area contributed by atoms with Gasteiger partial charge in [0.25, 0.3) is 5.91 Å². The normalized spacial score (nSPS) is 10.7. The van der Waals surface area contributed by atoms with E-state index < -0.39 is 0 Å². The van der Waals surface area contributed by atoms with Crippen molar-refractivity contribution in [1.29, 1.82) is 0 Å². The van der Waals surface area contributed by atoms with Crippen LogP contribution in [0.4, 0.5) is 5.69 Å². The number of carbonyl (C=O) groups is 2. The van der Waals surface area contributed by atoms with Crippen molar-refractivity contribution in [2.45, 2.75) is 13.3 Å². The first-order valence-corrected chi connectivity index (χ1v) is 9.77. The molecule has 6 heteroatoms. The van der Waals surface area contributed by atoms with Gasteiger partial charge in [-0.15, -0.1) is 0 Å². The number of hydrogen-bond donors (Lipinski definition) is 1. The van der Waals surface area contributed by atoms with Gasteiger partial charge in [0.15, 0.2) is 0 Å². The first-order valence-electron chi connectivity index (χ1n) is 9.77. The van der Waals surface area contributed by atoms with Crippen molar-refractivity contribution in [3.63, 3.8) is 0 Å². The lowest BCUT2D eigenvalue weighted by Crippen LogP contribution is -2.12. The molecule has 0 aliphatic rings. The van der Waals surface area contributed by atoms with Gasteiger partial charge in [-0.05, 0) is 42.8 Å². The molecule has 2 aromatic heterocycles. The van der Waals surface area contributed by atoms with Crippen molar-refractivity contribution >= 4 is 23.2 Å². The fourth-order valence-corrected chi connectivity index (χ4v) is 3.04. The van der Waals surface area contributed by atoms with Gasteiger partial charge in [0.2, 0.25) is 0 Å². The summed E-state index contributed by atoms with van der Waals surface area (Å²) in [6.45, 7) is 2.33. The zero-order valence-electron chi connectivity index (χ0n) is 16.5. The van der Waals surface area contributed by atoms with Gasteiger partial charge < -0.3 is 14.5 Å². The molecule has 30 heavy (non-hydrogen) atoms. The highest BCUT2D eigenvalue weighted by molar-refractivity contribution is 6.05. The SMILES string of the molecule is CCCOC(=O)c1ccc(NC(=O)c2ccn3cc(-c4ccccc4)nc3c2)cc1. The summed E-state index contributed by atoms with van der Waals surface area (Å²) >= 11 is 0. The highest BCUT2D eigenvalue weighted by Crippen LogP contribution is 2.20. The van der Waals surface area contributed by atoms with Crippen LogP contribution in [0.2, 0.25) is 0 Å². The zero-order chi connectivity index (χ0) is 20.9. The monoisotopic (exact) mass is 399 g/mol. The Morgan fingerprint density at radius 1 is 1.00 bits per heavy atom. The average Bonchev–Trinajstić information content (AvgIpc) is 3.22. The number of amides is 1. The number of esters is 1. The summed E-state index contributed by atoms with van der Waals surface area (Å²) in [4.78, 5) is 29.1. The number of imidazole rings is 1. The van der Waals surface area contributed by atoms with E-state index in [9.17, 15) is 9.59 Å². The van der Waals surface area contributed by atoms with Crippen molar-refractivity contribution in [2.75, 3.05) is 11.9 Å². The van der Waals surface area contributed by atoms with E-state index in [1.807, 2.05) is 54.0 Å². The number of hydrogen-bond acceptors (Lipinski definition) is 4. The second kappa shape index (κ2) is 8.61. The standard InChI is InChI=1S/C24H21N3O3/c1-2-14-30-24(29)18-8-10-20(11-9-18)25-23(28)19-12-13-27-16-21(26-22(27)15-19)17-6-4-3-5-7-17/h3-13,15-16H,2,14H2,1H3,(H,25,28). The first-order chi connectivity index (χ1) is 14.6. The Morgan fingerprint density at radius 3 is 2.50 bits per heavy atom. The summed E-state index contributed by atoms with van der Waals surface area (Å²) in [6.07, 6.45) is 4.52. The summed E-state index contributed by atoms with van der Waals surface area (Å²) in [7, 11) is 0. The third kappa shape index (κ3) is 4.22. The molecule has 4 aromatic rings. The minimum Gasteiger partial charge on any atom is -0.462 e. The highest BCUT2D eigenvalue weighted by Gasteiger charge is 2.11. The Kier molecular flexibility index (Phi) is 5.57. The van der Waals surface area contributed by atoms with Gasteiger partial charge in [-0.25, -0.2) is 9.78 Å². The molecule has 0 unspecified atom stereocenters. The van der Waals surface area contributed by atoms with Gasteiger partial charge in [-0.1, -0.05) is 37.3 Å². The lowest BCUT2D eigenvalue weighted by atomic mass is 10.2. The molecule has 2 aromatic carbocycles. The number of rotatable bonds is 6. The van der Waals surface area contributed by atoms with Crippen LogP contribution >= 0.6 is 0 Å². The van der Waals surface area contributed by atoms with Crippen molar-refractivity contribution in [2.24, 2.45) is 0 Å². The Labute approximate surface area is 174 Å². The number of pyridine rings is 1. The molecule has 150 valence electrons. The molecule has 2 heterocycles. The Balaban J connectivity index is 1.48. The number of nitrogens with one attached hydrogen (secondary N) is 1. The van der Waals surface area contributed by atoms with E-state index in [0.717, 1.165) is 17.7 Å². The molecular weight excluding hydrogens is 378 g/mol. The molecule has 0 bridgehead atoms. The van der Waals surface area contributed by atoms with E-state index in [0.29, 0.717) is 29.1 Å². The summed E-state index contributed by atoms with van der Waals surface area (Å²) < 4.78 is 6.99. The number of aromatic nitrogens is 2. The molecule has 0 atom stereocenters. The van der Waals surface area contributed by atoms with E-state index in [1.165, 1.54) is 0 Å².